The summed E-state index contributed by atoms with van der Waals surface area (Å²) in [5, 5.41) is 40.0. The Hall–Kier alpha value is -1.14. The second kappa shape index (κ2) is 7.28. The Morgan fingerprint density at radius 1 is 0.611 bits per heavy atom. The smallest absolute Gasteiger partial charge is 0.333 e. The largest absolute Gasteiger partial charge is 0.481 e. The number of carboxylic acids is 2. The Morgan fingerprint density at radius 2 is 0.944 bits per heavy atom. The number of rotatable bonds is 3. The average molecular weight is 505 g/mol. The molecule has 6 nitrogen and oxygen atoms in total. The fraction of sp³-hybridized carbons (Fsp3) is 0.933. The lowest BCUT2D eigenvalue weighted by molar-refractivity contribution is -0.220. The quantitative estimate of drug-likeness (QED) is 0.396. The Balaban J connectivity index is 0.000000148. The van der Waals surface area contributed by atoms with Crippen molar-refractivity contribution in [2.45, 2.75) is 130 Å². The van der Waals surface area contributed by atoms with Crippen LogP contribution in [0.4, 0.5) is 0 Å². The maximum Gasteiger partial charge on any atom is 0.333 e. The second-order valence-corrected chi connectivity index (χ2v) is 17.1. The van der Waals surface area contributed by atoms with E-state index >= 15 is 0 Å². The lowest BCUT2D eigenvalue weighted by atomic mass is 9.35. The van der Waals surface area contributed by atoms with Crippen LogP contribution in [0.15, 0.2) is 0 Å². The summed E-state index contributed by atoms with van der Waals surface area (Å²) in [6.45, 7) is 13.6. The van der Waals surface area contributed by atoms with Gasteiger partial charge in [-0.05, 0) is 110 Å². The highest BCUT2D eigenvalue weighted by Gasteiger charge is 2.67. The lowest BCUT2D eigenvalue weighted by Crippen LogP contribution is -2.63. The molecule has 8 fully saturated rings. The minimum Gasteiger partial charge on any atom is -0.481 e. The third kappa shape index (κ3) is 4.13. The van der Waals surface area contributed by atoms with Gasteiger partial charge < -0.3 is 20.4 Å². The van der Waals surface area contributed by atoms with Crippen LogP contribution in [0.1, 0.15) is 119 Å². The Labute approximate surface area is 216 Å². The van der Waals surface area contributed by atoms with E-state index in [2.05, 4.69) is 41.5 Å². The van der Waals surface area contributed by atoms with Gasteiger partial charge in [-0.25, -0.2) is 4.79 Å². The van der Waals surface area contributed by atoms with Crippen molar-refractivity contribution in [3.8, 4) is 0 Å². The van der Waals surface area contributed by atoms with Crippen molar-refractivity contribution in [2.24, 2.45) is 43.8 Å². The highest BCUT2D eigenvalue weighted by Crippen LogP contribution is 2.74. The number of fused-ring (bicyclic) bond motifs is 1. The second-order valence-electron chi connectivity index (χ2n) is 17.1. The third-order valence-electron chi connectivity index (χ3n) is 11.4. The molecule has 4 unspecified atom stereocenters. The van der Waals surface area contributed by atoms with Gasteiger partial charge in [0.05, 0.1) is 11.5 Å². The van der Waals surface area contributed by atoms with Crippen molar-refractivity contribution >= 4 is 11.9 Å². The summed E-state index contributed by atoms with van der Waals surface area (Å²) in [6, 6.07) is 0. The van der Waals surface area contributed by atoms with E-state index in [1.807, 2.05) is 0 Å². The van der Waals surface area contributed by atoms with Crippen LogP contribution in [0, 0.1) is 43.8 Å². The van der Waals surface area contributed by atoms with Gasteiger partial charge in [0.1, 0.15) is 0 Å². The highest BCUT2D eigenvalue weighted by atomic mass is 16.4. The fourth-order valence-corrected chi connectivity index (χ4v) is 13.4. The molecule has 8 saturated carbocycles. The zero-order chi connectivity index (χ0) is 26.8. The summed E-state index contributed by atoms with van der Waals surface area (Å²) in [7, 11) is 0. The Bertz CT molecular complexity index is 912. The van der Waals surface area contributed by atoms with Gasteiger partial charge >= 0.3 is 11.9 Å². The van der Waals surface area contributed by atoms with Crippen molar-refractivity contribution < 1.29 is 30.0 Å². The molecule has 4 atom stereocenters. The van der Waals surface area contributed by atoms with Crippen LogP contribution in [0.5, 0.6) is 0 Å². The van der Waals surface area contributed by atoms with E-state index < -0.39 is 29.6 Å². The van der Waals surface area contributed by atoms with Gasteiger partial charge in [-0.15, -0.1) is 0 Å². The number of aliphatic hydroxyl groups is 2. The van der Waals surface area contributed by atoms with Gasteiger partial charge in [-0.3, -0.25) is 4.79 Å². The molecule has 8 rings (SSSR count). The first-order chi connectivity index (χ1) is 16.2. The maximum absolute atomic E-state index is 11.6. The molecule has 8 aliphatic rings. The van der Waals surface area contributed by atoms with Gasteiger partial charge in [0, 0.05) is 5.41 Å². The molecule has 0 aromatic carbocycles. The zero-order valence-corrected chi connectivity index (χ0v) is 23.2. The normalized spacial score (nSPS) is 57.1. The fourth-order valence-electron chi connectivity index (χ4n) is 13.4. The van der Waals surface area contributed by atoms with E-state index in [-0.39, 0.29) is 37.9 Å². The molecular formula is C30H48O6. The van der Waals surface area contributed by atoms with Crippen LogP contribution >= 0.6 is 0 Å². The zero-order valence-electron chi connectivity index (χ0n) is 23.2. The van der Waals surface area contributed by atoms with E-state index in [0.717, 1.165) is 38.5 Å². The first-order valence-corrected chi connectivity index (χ1v) is 14.0. The van der Waals surface area contributed by atoms with Gasteiger partial charge in [0.15, 0.2) is 6.10 Å². The van der Waals surface area contributed by atoms with Crippen molar-refractivity contribution in [1.29, 1.82) is 0 Å². The van der Waals surface area contributed by atoms with Crippen LogP contribution in [0.3, 0.4) is 0 Å². The predicted molar refractivity (Wildman–Crippen MR) is 136 cm³/mol. The molecule has 0 heterocycles. The number of hydrogen-bond donors (Lipinski definition) is 4. The van der Waals surface area contributed by atoms with Crippen molar-refractivity contribution in [2.75, 3.05) is 0 Å². The van der Waals surface area contributed by atoms with Gasteiger partial charge in [0.25, 0.3) is 0 Å². The lowest BCUT2D eigenvalue weighted by Gasteiger charge is -2.69. The molecule has 4 N–H and O–H groups in total. The van der Waals surface area contributed by atoms with E-state index in [1.54, 1.807) is 0 Å². The molecule has 8 aliphatic carbocycles. The minimum atomic E-state index is -1.18. The van der Waals surface area contributed by atoms with E-state index in [0.29, 0.717) is 19.3 Å². The molecule has 0 aromatic heterocycles. The first-order valence-electron chi connectivity index (χ1n) is 14.0. The SMILES string of the molecule is CC12CC(C(=O)O)C3(O)CC(C)(C1)CC(C)(C2)C3.CC12CC3(C)CC(C)(C1)CC(C(O)C(=O)O)(C2)C3. The Kier molecular flexibility index (Phi) is 5.35. The summed E-state index contributed by atoms with van der Waals surface area (Å²) >= 11 is 0. The van der Waals surface area contributed by atoms with Gasteiger partial charge in [-0.1, -0.05) is 41.5 Å². The van der Waals surface area contributed by atoms with Gasteiger partial charge in [0.2, 0.25) is 0 Å². The molecular weight excluding hydrogens is 456 g/mol. The highest BCUT2D eigenvalue weighted by molar-refractivity contribution is 5.73. The molecule has 0 amide bonds. The van der Waals surface area contributed by atoms with Crippen LogP contribution in [-0.2, 0) is 9.59 Å². The maximum atomic E-state index is 11.6. The summed E-state index contributed by atoms with van der Waals surface area (Å²) in [4.78, 5) is 22.8. The van der Waals surface area contributed by atoms with Gasteiger partial charge in [-0.2, -0.15) is 0 Å². The molecule has 0 aromatic rings. The summed E-state index contributed by atoms with van der Waals surface area (Å²) in [6.07, 6.45) is 10.3. The number of carbonyl (C=O) groups is 2. The number of aliphatic hydroxyl groups excluding tert-OH is 1. The topological polar surface area (TPSA) is 115 Å². The Morgan fingerprint density at radius 3 is 1.28 bits per heavy atom. The van der Waals surface area contributed by atoms with E-state index in [4.69, 9.17) is 0 Å². The molecule has 8 bridgehead atoms. The first kappa shape index (κ1) is 26.5. The van der Waals surface area contributed by atoms with Crippen molar-refractivity contribution in [1.82, 2.24) is 0 Å². The molecule has 0 saturated heterocycles. The van der Waals surface area contributed by atoms with Crippen LogP contribution in [0.25, 0.3) is 0 Å². The third-order valence-corrected chi connectivity index (χ3v) is 11.4. The van der Waals surface area contributed by atoms with Crippen molar-refractivity contribution in [3.05, 3.63) is 0 Å². The molecule has 0 aliphatic heterocycles. The minimum absolute atomic E-state index is 0.0891. The van der Waals surface area contributed by atoms with Crippen LogP contribution in [-0.4, -0.2) is 44.1 Å². The number of hydrogen-bond acceptors (Lipinski definition) is 4. The molecule has 204 valence electrons. The number of aliphatic carboxylic acids is 2. The molecule has 6 heteroatoms. The monoisotopic (exact) mass is 504 g/mol. The molecule has 36 heavy (non-hydrogen) atoms. The summed E-state index contributed by atoms with van der Waals surface area (Å²) in [5.41, 5.74) is -0.331. The van der Waals surface area contributed by atoms with Crippen molar-refractivity contribution in [3.63, 3.8) is 0 Å². The average Bonchev–Trinajstić information content (AvgIpc) is 2.69. The standard InChI is InChI=1S/2C15H24O3/c1-12-4-13(2)6-14(3,5-12)9-15(7-12,8-13)10(16)11(17)18;1-12-4-10(11(16)17)15(18)8-13(2,5-12)7-14(3,6-12)9-15/h10,16H,4-9H2,1-3H3,(H,17,18);10,18H,4-9H2,1-3H3,(H,16,17). The van der Waals surface area contributed by atoms with E-state index in [9.17, 15) is 30.0 Å². The van der Waals surface area contributed by atoms with E-state index in [1.165, 1.54) is 19.3 Å². The predicted octanol–water partition coefficient (Wildman–Crippen LogP) is 5.64. The molecule has 0 radical (unpaired) electrons. The summed E-state index contributed by atoms with van der Waals surface area (Å²) < 4.78 is 0. The number of carboxylic acid groups (broad SMARTS) is 2. The molecule has 0 spiro atoms. The summed E-state index contributed by atoms with van der Waals surface area (Å²) in [5.74, 6) is -2.42. The van der Waals surface area contributed by atoms with Crippen LogP contribution < -0.4 is 0 Å². The van der Waals surface area contributed by atoms with Crippen LogP contribution in [0.2, 0.25) is 0 Å².